The maximum absolute atomic E-state index is 13.2. The van der Waals surface area contributed by atoms with E-state index < -0.39 is 11.6 Å². The summed E-state index contributed by atoms with van der Waals surface area (Å²) in [7, 11) is 0. The van der Waals surface area contributed by atoms with Crippen molar-refractivity contribution in [2.45, 2.75) is 11.8 Å². The van der Waals surface area contributed by atoms with E-state index in [1.165, 1.54) is 12.1 Å². The Morgan fingerprint density at radius 2 is 1.71 bits per heavy atom. The molecular weight excluding hydrogens is 298 g/mol. The Morgan fingerprint density at radius 3 is 2.48 bits per heavy atom. The Labute approximate surface area is 126 Å². The molecule has 0 fully saturated rings. The van der Waals surface area contributed by atoms with Crippen LogP contribution in [0, 0.1) is 11.6 Å². The van der Waals surface area contributed by atoms with Crippen molar-refractivity contribution in [3.63, 3.8) is 0 Å². The second kappa shape index (κ2) is 5.90. The quantitative estimate of drug-likeness (QED) is 0.789. The Balaban J connectivity index is 1.78. The van der Waals surface area contributed by atoms with Crippen LogP contribution < -0.4 is 9.47 Å². The van der Waals surface area contributed by atoms with Crippen LogP contribution >= 0.6 is 11.6 Å². The number of alkyl halides is 1. The summed E-state index contributed by atoms with van der Waals surface area (Å²) < 4.78 is 37.1. The maximum atomic E-state index is 13.2. The molecule has 1 atom stereocenters. The minimum Gasteiger partial charge on any atom is -0.486 e. The molecule has 2 aromatic rings. The first-order valence-corrected chi connectivity index (χ1v) is 7.04. The van der Waals surface area contributed by atoms with Gasteiger partial charge >= 0.3 is 0 Å². The van der Waals surface area contributed by atoms with Crippen LogP contribution in [0.1, 0.15) is 16.5 Å². The van der Waals surface area contributed by atoms with Gasteiger partial charge in [-0.25, -0.2) is 8.78 Å². The summed E-state index contributed by atoms with van der Waals surface area (Å²) in [6.07, 6.45) is 0.401. The molecule has 0 radical (unpaired) electrons. The molecule has 0 saturated carbocycles. The molecule has 1 unspecified atom stereocenters. The average molecular weight is 311 g/mol. The second-order valence-corrected chi connectivity index (χ2v) is 5.35. The van der Waals surface area contributed by atoms with Crippen LogP contribution in [0.25, 0.3) is 0 Å². The van der Waals surface area contributed by atoms with Crippen LogP contribution in [-0.2, 0) is 6.42 Å². The fraction of sp³-hybridized carbons (Fsp3) is 0.250. The van der Waals surface area contributed by atoms with Gasteiger partial charge in [-0.2, -0.15) is 0 Å². The van der Waals surface area contributed by atoms with Gasteiger partial charge in [-0.1, -0.05) is 12.1 Å². The summed E-state index contributed by atoms with van der Waals surface area (Å²) in [5, 5.41) is -0.356. The highest BCUT2D eigenvalue weighted by molar-refractivity contribution is 6.21. The third-order valence-electron chi connectivity index (χ3n) is 3.33. The summed E-state index contributed by atoms with van der Waals surface area (Å²) in [4.78, 5) is 0. The largest absolute Gasteiger partial charge is 0.486 e. The molecule has 110 valence electrons. The molecule has 0 saturated heterocycles. The van der Waals surface area contributed by atoms with E-state index in [-0.39, 0.29) is 5.38 Å². The van der Waals surface area contributed by atoms with E-state index in [1.807, 2.05) is 18.2 Å². The monoisotopic (exact) mass is 310 g/mol. The topological polar surface area (TPSA) is 18.5 Å². The lowest BCUT2D eigenvalue weighted by Crippen LogP contribution is -2.15. The number of hydrogen-bond acceptors (Lipinski definition) is 2. The van der Waals surface area contributed by atoms with Gasteiger partial charge in [-0.3, -0.25) is 0 Å². The van der Waals surface area contributed by atoms with Gasteiger partial charge in [0, 0.05) is 0 Å². The predicted octanol–water partition coefficient (Wildman–Crippen LogP) is 4.26. The number of benzene rings is 2. The van der Waals surface area contributed by atoms with Gasteiger partial charge in [-0.05, 0) is 41.8 Å². The molecule has 21 heavy (non-hydrogen) atoms. The summed E-state index contributed by atoms with van der Waals surface area (Å²) in [5.74, 6) is -0.362. The third kappa shape index (κ3) is 3.10. The lowest BCUT2D eigenvalue weighted by molar-refractivity contribution is 0.171. The molecule has 0 N–H and O–H groups in total. The van der Waals surface area contributed by atoms with Crippen LogP contribution in [0.4, 0.5) is 8.78 Å². The minimum absolute atomic E-state index is 0.356. The van der Waals surface area contributed by atoms with Crippen LogP contribution in [0.3, 0.4) is 0 Å². The molecule has 2 aromatic carbocycles. The Bertz CT molecular complexity index is 661. The van der Waals surface area contributed by atoms with Gasteiger partial charge in [0.15, 0.2) is 23.1 Å². The molecule has 0 amide bonds. The molecule has 2 nitrogen and oxygen atoms in total. The number of fused-ring (bicyclic) bond motifs is 1. The molecule has 1 aliphatic heterocycles. The van der Waals surface area contributed by atoms with Crippen LogP contribution in [0.5, 0.6) is 11.5 Å². The van der Waals surface area contributed by atoms with Crippen molar-refractivity contribution in [3.8, 4) is 11.5 Å². The zero-order valence-electron chi connectivity index (χ0n) is 11.1. The summed E-state index contributed by atoms with van der Waals surface area (Å²) >= 11 is 6.36. The molecule has 3 rings (SSSR count). The van der Waals surface area contributed by atoms with E-state index in [0.717, 1.165) is 11.6 Å². The van der Waals surface area contributed by atoms with Crippen molar-refractivity contribution in [2.24, 2.45) is 0 Å². The Hall–Kier alpha value is -1.81. The van der Waals surface area contributed by atoms with E-state index in [1.54, 1.807) is 0 Å². The fourth-order valence-electron chi connectivity index (χ4n) is 2.25. The van der Waals surface area contributed by atoms with E-state index in [0.29, 0.717) is 36.7 Å². The molecule has 0 aliphatic carbocycles. The first-order valence-electron chi connectivity index (χ1n) is 6.61. The summed E-state index contributed by atoms with van der Waals surface area (Å²) in [6, 6.07) is 9.30. The Morgan fingerprint density at radius 1 is 0.952 bits per heavy atom. The average Bonchev–Trinajstić information content (AvgIpc) is 2.50. The lowest BCUT2D eigenvalue weighted by atomic mass is 10.0. The SMILES string of the molecule is Fc1ccc(CC(Cl)c2ccc3c(c2)OCCO3)cc1F. The van der Waals surface area contributed by atoms with Gasteiger partial charge in [0.1, 0.15) is 13.2 Å². The van der Waals surface area contributed by atoms with Crippen molar-refractivity contribution in [1.29, 1.82) is 0 Å². The standard InChI is InChI=1S/C16H13ClF2O2/c17-12(7-10-1-3-13(18)14(19)8-10)11-2-4-15-16(9-11)21-6-5-20-15/h1-4,8-9,12H,5-7H2. The highest BCUT2D eigenvalue weighted by Crippen LogP contribution is 2.35. The number of halogens is 3. The van der Waals surface area contributed by atoms with Gasteiger partial charge in [0.2, 0.25) is 0 Å². The molecule has 1 aliphatic rings. The zero-order valence-corrected chi connectivity index (χ0v) is 11.9. The fourth-order valence-corrected chi connectivity index (χ4v) is 2.56. The summed E-state index contributed by atoms with van der Waals surface area (Å²) in [5.41, 5.74) is 1.49. The Kier molecular flexibility index (Phi) is 3.97. The molecule has 0 aromatic heterocycles. The van der Waals surface area contributed by atoms with E-state index in [9.17, 15) is 8.78 Å². The van der Waals surface area contributed by atoms with Crippen LogP contribution in [-0.4, -0.2) is 13.2 Å². The van der Waals surface area contributed by atoms with Crippen molar-refractivity contribution in [2.75, 3.05) is 13.2 Å². The van der Waals surface area contributed by atoms with Gasteiger partial charge in [0.25, 0.3) is 0 Å². The lowest BCUT2D eigenvalue weighted by Gasteiger charge is -2.20. The maximum Gasteiger partial charge on any atom is 0.161 e. The van der Waals surface area contributed by atoms with Crippen molar-refractivity contribution in [1.82, 2.24) is 0 Å². The van der Waals surface area contributed by atoms with Gasteiger partial charge < -0.3 is 9.47 Å². The zero-order chi connectivity index (χ0) is 14.8. The molecule has 0 spiro atoms. The highest BCUT2D eigenvalue weighted by atomic mass is 35.5. The smallest absolute Gasteiger partial charge is 0.161 e. The molecule has 0 bridgehead atoms. The van der Waals surface area contributed by atoms with Crippen LogP contribution in [0.15, 0.2) is 36.4 Å². The molecule has 1 heterocycles. The minimum atomic E-state index is -0.862. The normalized spacial score (nSPS) is 14.8. The second-order valence-electron chi connectivity index (χ2n) is 4.82. The third-order valence-corrected chi connectivity index (χ3v) is 3.73. The van der Waals surface area contributed by atoms with E-state index in [2.05, 4.69) is 0 Å². The van der Waals surface area contributed by atoms with Crippen LogP contribution in [0.2, 0.25) is 0 Å². The van der Waals surface area contributed by atoms with Crippen molar-refractivity contribution >= 4 is 11.6 Å². The van der Waals surface area contributed by atoms with Gasteiger partial charge in [0.05, 0.1) is 5.38 Å². The first-order chi connectivity index (χ1) is 10.1. The highest BCUT2D eigenvalue weighted by Gasteiger charge is 2.16. The molecular formula is C16H13ClF2O2. The van der Waals surface area contributed by atoms with E-state index >= 15 is 0 Å². The van der Waals surface area contributed by atoms with Gasteiger partial charge in [-0.15, -0.1) is 11.6 Å². The first kappa shape index (κ1) is 14.1. The molecule has 5 heteroatoms. The summed E-state index contributed by atoms with van der Waals surface area (Å²) in [6.45, 7) is 1.04. The van der Waals surface area contributed by atoms with E-state index in [4.69, 9.17) is 21.1 Å². The number of hydrogen-bond donors (Lipinski definition) is 0. The van der Waals surface area contributed by atoms with Crippen molar-refractivity contribution in [3.05, 3.63) is 59.2 Å². The van der Waals surface area contributed by atoms with Crippen molar-refractivity contribution < 1.29 is 18.3 Å². The predicted molar refractivity (Wildman–Crippen MR) is 76.1 cm³/mol. The number of rotatable bonds is 3. The number of ether oxygens (including phenoxy) is 2.